The highest BCUT2D eigenvalue weighted by atomic mass is 32.1. The van der Waals surface area contributed by atoms with E-state index in [2.05, 4.69) is 12.6 Å². The fourth-order valence-electron chi connectivity index (χ4n) is 1.45. The SMILES string of the molecule is COc1cc2sccc2c(S)c1CO. The molecule has 4 heteroatoms. The average molecular weight is 226 g/mol. The minimum Gasteiger partial charge on any atom is -0.496 e. The molecule has 0 unspecified atom stereocenters. The first-order chi connectivity index (χ1) is 6.77. The van der Waals surface area contributed by atoms with Crippen molar-refractivity contribution in [2.24, 2.45) is 0 Å². The van der Waals surface area contributed by atoms with Crippen LogP contribution in [0.1, 0.15) is 5.56 Å². The third kappa shape index (κ3) is 1.39. The average Bonchev–Trinajstić information content (AvgIpc) is 2.65. The standard InChI is InChI=1S/C10H10O2S2/c1-12-8-4-9-6(2-3-14-9)10(13)7(8)5-11/h2-4,11,13H,5H2,1H3. The zero-order valence-corrected chi connectivity index (χ0v) is 9.36. The smallest absolute Gasteiger partial charge is 0.126 e. The van der Waals surface area contributed by atoms with Gasteiger partial charge in [0.15, 0.2) is 0 Å². The van der Waals surface area contributed by atoms with Gasteiger partial charge in [-0.25, -0.2) is 0 Å². The molecule has 2 rings (SSSR count). The van der Waals surface area contributed by atoms with Crippen LogP contribution in [0.4, 0.5) is 0 Å². The molecule has 0 aliphatic heterocycles. The molecule has 0 bridgehead atoms. The van der Waals surface area contributed by atoms with Crippen molar-refractivity contribution in [1.82, 2.24) is 0 Å². The second-order valence-corrected chi connectivity index (χ2v) is 4.29. The zero-order valence-electron chi connectivity index (χ0n) is 7.65. The Kier molecular flexibility index (Phi) is 2.67. The summed E-state index contributed by atoms with van der Waals surface area (Å²) in [6.07, 6.45) is 0. The van der Waals surface area contributed by atoms with E-state index in [-0.39, 0.29) is 6.61 Å². The highest BCUT2D eigenvalue weighted by Gasteiger charge is 2.11. The number of thiophene rings is 1. The first-order valence-corrected chi connectivity index (χ1v) is 5.47. The predicted octanol–water partition coefficient (Wildman–Crippen LogP) is 2.69. The predicted molar refractivity (Wildman–Crippen MR) is 61.6 cm³/mol. The summed E-state index contributed by atoms with van der Waals surface area (Å²) in [5.41, 5.74) is 0.752. The van der Waals surface area contributed by atoms with Crippen LogP contribution in [0.25, 0.3) is 10.1 Å². The van der Waals surface area contributed by atoms with Gasteiger partial charge in [-0.15, -0.1) is 24.0 Å². The van der Waals surface area contributed by atoms with E-state index in [9.17, 15) is 5.11 Å². The van der Waals surface area contributed by atoms with Crippen LogP contribution in [0.15, 0.2) is 22.4 Å². The molecule has 14 heavy (non-hydrogen) atoms. The molecular formula is C10H10O2S2. The van der Waals surface area contributed by atoms with Gasteiger partial charge in [-0.1, -0.05) is 0 Å². The summed E-state index contributed by atoms with van der Waals surface area (Å²) >= 11 is 6.04. The second kappa shape index (κ2) is 3.81. The lowest BCUT2D eigenvalue weighted by molar-refractivity contribution is 0.271. The molecule has 1 aromatic carbocycles. The van der Waals surface area contributed by atoms with Crippen molar-refractivity contribution in [3.63, 3.8) is 0 Å². The first kappa shape index (κ1) is 9.83. The van der Waals surface area contributed by atoms with Gasteiger partial charge in [-0.05, 0) is 17.5 Å². The van der Waals surface area contributed by atoms with E-state index in [1.807, 2.05) is 17.5 Å². The van der Waals surface area contributed by atoms with E-state index in [1.165, 1.54) is 0 Å². The Morgan fingerprint density at radius 1 is 1.57 bits per heavy atom. The van der Waals surface area contributed by atoms with Crippen LogP contribution in [-0.4, -0.2) is 12.2 Å². The van der Waals surface area contributed by atoms with E-state index in [0.717, 1.165) is 20.5 Å². The number of hydrogen-bond acceptors (Lipinski definition) is 4. The molecule has 0 aliphatic rings. The van der Waals surface area contributed by atoms with Crippen LogP contribution in [0.5, 0.6) is 5.75 Å². The van der Waals surface area contributed by atoms with Gasteiger partial charge in [-0.2, -0.15) is 0 Å². The molecule has 1 heterocycles. The Labute approximate surface area is 91.5 Å². The minimum atomic E-state index is -0.0478. The summed E-state index contributed by atoms with van der Waals surface area (Å²) in [5.74, 6) is 0.701. The Hall–Kier alpha value is -0.710. The molecule has 0 radical (unpaired) electrons. The molecule has 74 valence electrons. The lowest BCUT2D eigenvalue weighted by atomic mass is 10.1. The summed E-state index contributed by atoms with van der Waals surface area (Å²) in [7, 11) is 1.60. The number of benzene rings is 1. The number of aliphatic hydroxyl groups is 1. The number of rotatable bonds is 2. The molecule has 1 aromatic heterocycles. The van der Waals surface area contributed by atoms with Gasteiger partial charge in [-0.3, -0.25) is 0 Å². The van der Waals surface area contributed by atoms with Gasteiger partial charge < -0.3 is 9.84 Å². The molecular weight excluding hydrogens is 216 g/mol. The fraction of sp³-hybridized carbons (Fsp3) is 0.200. The van der Waals surface area contributed by atoms with Crippen molar-refractivity contribution in [2.45, 2.75) is 11.5 Å². The fourth-order valence-corrected chi connectivity index (χ4v) is 2.72. The zero-order chi connectivity index (χ0) is 10.1. The monoisotopic (exact) mass is 226 g/mol. The third-order valence-electron chi connectivity index (χ3n) is 2.17. The van der Waals surface area contributed by atoms with Crippen LogP contribution < -0.4 is 4.74 Å². The van der Waals surface area contributed by atoms with E-state index in [0.29, 0.717) is 5.75 Å². The lowest BCUT2D eigenvalue weighted by Gasteiger charge is -2.09. The number of fused-ring (bicyclic) bond motifs is 1. The van der Waals surface area contributed by atoms with Crippen molar-refractivity contribution in [3.8, 4) is 5.75 Å². The number of methoxy groups -OCH3 is 1. The maximum Gasteiger partial charge on any atom is 0.126 e. The molecule has 0 spiro atoms. The van der Waals surface area contributed by atoms with Gasteiger partial charge in [0, 0.05) is 20.5 Å². The molecule has 0 saturated carbocycles. The quantitative estimate of drug-likeness (QED) is 0.771. The van der Waals surface area contributed by atoms with E-state index in [1.54, 1.807) is 18.4 Å². The summed E-state index contributed by atoms with van der Waals surface area (Å²) in [5, 5.41) is 12.3. The maximum absolute atomic E-state index is 9.20. The Morgan fingerprint density at radius 2 is 2.36 bits per heavy atom. The third-order valence-corrected chi connectivity index (χ3v) is 3.55. The van der Waals surface area contributed by atoms with Crippen LogP contribution >= 0.6 is 24.0 Å². The molecule has 0 amide bonds. The molecule has 0 atom stereocenters. The minimum absolute atomic E-state index is 0.0478. The number of hydrogen-bond donors (Lipinski definition) is 2. The number of ether oxygens (including phenoxy) is 1. The molecule has 0 aliphatic carbocycles. The second-order valence-electron chi connectivity index (χ2n) is 2.90. The number of thiol groups is 1. The topological polar surface area (TPSA) is 29.5 Å². The summed E-state index contributed by atoms with van der Waals surface area (Å²) < 4.78 is 6.32. The van der Waals surface area contributed by atoms with Crippen molar-refractivity contribution in [1.29, 1.82) is 0 Å². The highest BCUT2D eigenvalue weighted by molar-refractivity contribution is 7.80. The van der Waals surface area contributed by atoms with Gasteiger partial charge in [0.05, 0.1) is 13.7 Å². The van der Waals surface area contributed by atoms with Crippen molar-refractivity contribution in [2.75, 3.05) is 7.11 Å². The summed E-state index contributed by atoms with van der Waals surface area (Å²) in [6.45, 7) is -0.0478. The summed E-state index contributed by atoms with van der Waals surface area (Å²) in [4.78, 5) is 0.808. The lowest BCUT2D eigenvalue weighted by Crippen LogP contribution is -1.93. The Morgan fingerprint density at radius 3 is 3.00 bits per heavy atom. The highest BCUT2D eigenvalue weighted by Crippen LogP contribution is 2.36. The summed E-state index contributed by atoms with van der Waals surface area (Å²) in [6, 6.07) is 3.94. The Bertz CT molecular complexity index is 462. The first-order valence-electron chi connectivity index (χ1n) is 4.14. The number of aliphatic hydroxyl groups excluding tert-OH is 1. The van der Waals surface area contributed by atoms with Gasteiger partial charge >= 0.3 is 0 Å². The normalized spacial score (nSPS) is 10.8. The van der Waals surface area contributed by atoms with Crippen LogP contribution in [0, 0.1) is 0 Å². The van der Waals surface area contributed by atoms with Crippen molar-refractivity contribution in [3.05, 3.63) is 23.1 Å². The molecule has 0 fully saturated rings. The largest absolute Gasteiger partial charge is 0.496 e. The maximum atomic E-state index is 9.20. The van der Waals surface area contributed by atoms with Gasteiger partial charge in [0.25, 0.3) is 0 Å². The Balaban J connectivity index is 2.79. The van der Waals surface area contributed by atoms with Gasteiger partial charge in [0.1, 0.15) is 5.75 Å². The van der Waals surface area contributed by atoms with Crippen LogP contribution in [0.2, 0.25) is 0 Å². The molecule has 2 aromatic rings. The van der Waals surface area contributed by atoms with Gasteiger partial charge in [0.2, 0.25) is 0 Å². The van der Waals surface area contributed by atoms with Crippen LogP contribution in [-0.2, 0) is 6.61 Å². The van der Waals surface area contributed by atoms with E-state index in [4.69, 9.17) is 4.74 Å². The van der Waals surface area contributed by atoms with Crippen molar-refractivity contribution < 1.29 is 9.84 Å². The van der Waals surface area contributed by atoms with Crippen molar-refractivity contribution >= 4 is 34.1 Å². The molecule has 2 nitrogen and oxygen atoms in total. The van der Waals surface area contributed by atoms with E-state index < -0.39 is 0 Å². The molecule has 1 N–H and O–H groups in total. The van der Waals surface area contributed by atoms with E-state index >= 15 is 0 Å². The molecule has 0 saturated heterocycles. The van der Waals surface area contributed by atoms with Crippen LogP contribution in [0.3, 0.4) is 0 Å².